The quantitative estimate of drug-likeness (QED) is 0.386. The van der Waals surface area contributed by atoms with E-state index in [0.717, 1.165) is 11.1 Å². The number of carboxylic acid groups (broad SMARTS) is 1. The molecule has 0 spiro atoms. The van der Waals surface area contributed by atoms with Crippen molar-refractivity contribution >= 4 is 45.1 Å². The number of piperidine rings is 1. The van der Waals surface area contributed by atoms with Crippen molar-refractivity contribution in [3.8, 4) is 0 Å². The lowest BCUT2D eigenvalue weighted by atomic mass is 9.67. The van der Waals surface area contributed by atoms with E-state index < -0.39 is 38.7 Å². The van der Waals surface area contributed by atoms with E-state index in [9.17, 15) is 23.1 Å². The van der Waals surface area contributed by atoms with E-state index in [1.54, 1.807) is 43.9 Å². The normalized spacial score (nSPS) is 23.3. The molecule has 1 heterocycles. The Morgan fingerprint density at radius 2 is 1.76 bits per heavy atom. The van der Waals surface area contributed by atoms with Crippen molar-refractivity contribution in [3.05, 3.63) is 69.7 Å². The lowest BCUT2D eigenvalue weighted by Gasteiger charge is -2.51. The van der Waals surface area contributed by atoms with Crippen LogP contribution in [0.25, 0.3) is 0 Å². The third-order valence-corrected chi connectivity index (χ3v) is 9.43. The number of carboxylic acids is 1. The summed E-state index contributed by atoms with van der Waals surface area (Å²) >= 11 is 12.5. The van der Waals surface area contributed by atoms with Crippen LogP contribution in [0.5, 0.6) is 0 Å². The molecule has 0 bridgehead atoms. The minimum absolute atomic E-state index is 0.149. The number of nitrogens with zero attached hydrogens (tertiary/aromatic N) is 1. The Bertz CT molecular complexity index is 1240. The first-order valence-corrected chi connectivity index (χ1v) is 14.6. The van der Waals surface area contributed by atoms with E-state index in [4.69, 9.17) is 23.2 Å². The molecule has 0 aliphatic carbocycles. The van der Waals surface area contributed by atoms with Crippen LogP contribution in [0.1, 0.15) is 70.0 Å². The zero-order chi connectivity index (χ0) is 27.5. The number of amides is 1. The van der Waals surface area contributed by atoms with E-state index in [2.05, 4.69) is 4.72 Å². The summed E-state index contributed by atoms with van der Waals surface area (Å²) in [4.78, 5) is 27.6. The van der Waals surface area contributed by atoms with Crippen LogP contribution < -0.4 is 4.72 Å². The Kier molecular flexibility index (Phi) is 9.32. The number of halogens is 2. The summed E-state index contributed by atoms with van der Waals surface area (Å²) in [6.07, 6.45) is 0.349. The fourth-order valence-electron chi connectivity index (χ4n) is 5.08. The maximum Gasteiger partial charge on any atom is 0.304 e. The van der Waals surface area contributed by atoms with Crippen molar-refractivity contribution in [1.82, 2.24) is 9.62 Å². The molecule has 4 atom stereocenters. The first-order valence-electron chi connectivity index (χ1n) is 12.3. The molecule has 0 unspecified atom stereocenters. The molecule has 202 valence electrons. The maximum absolute atomic E-state index is 14.1. The number of rotatable bonds is 10. The lowest BCUT2D eigenvalue weighted by Crippen LogP contribution is -2.56. The Morgan fingerprint density at radius 1 is 1.11 bits per heavy atom. The highest BCUT2D eigenvalue weighted by molar-refractivity contribution is 7.90. The summed E-state index contributed by atoms with van der Waals surface area (Å²) in [7, 11) is -3.47. The first-order chi connectivity index (χ1) is 17.2. The molecule has 0 aromatic heterocycles. The molecule has 2 aromatic rings. The van der Waals surface area contributed by atoms with Gasteiger partial charge in [0.2, 0.25) is 15.9 Å². The van der Waals surface area contributed by atoms with Crippen LogP contribution in [0.3, 0.4) is 0 Å². The molecule has 3 rings (SSSR count). The molecule has 1 aliphatic rings. The number of likely N-dealkylation sites (tertiary alicyclic amines) is 1. The summed E-state index contributed by atoms with van der Waals surface area (Å²) in [6, 6.07) is 13.9. The van der Waals surface area contributed by atoms with Crippen molar-refractivity contribution in [2.24, 2.45) is 5.41 Å². The van der Waals surface area contributed by atoms with Crippen LogP contribution in [0.4, 0.5) is 0 Å². The lowest BCUT2D eigenvalue weighted by molar-refractivity contribution is -0.160. The van der Waals surface area contributed by atoms with Gasteiger partial charge in [-0.3, -0.25) is 9.59 Å². The SMILES string of the molecule is CC(C)S(=O)(=O)NCC[C@H](C)N1C(=O)[C@@](C)(CC(=O)O)C[C@H](c2cccc(Cl)c2)[C@H]1c1ccc(Cl)cc1. The third-order valence-electron chi connectivity index (χ3n) is 7.09. The second-order valence-corrected chi connectivity index (χ2v) is 13.5. The van der Waals surface area contributed by atoms with Gasteiger partial charge in [-0.25, -0.2) is 13.1 Å². The number of hydrogen-bond donors (Lipinski definition) is 2. The van der Waals surface area contributed by atoms with E-state index in [-0.39, 0.29) is 24.8 Å². The van der Waals surface area contributed by atoms with Crippen LogP contribution in [0.15, 0.2) is 48.5 Å². The van der Waals surface area contributed by atoms with Crippen LogP contribution in [-0.2, 0) is 19.6 Å². The van der Waals surface area contributed by atoms with Gasteiger partial charge in [0.05, 0.1) is 23.1 Å². The molecule has 1 saturated heterocycles. The molecular weight excluding hydrogens is 535 g/mol. The van der Waals surface area contributed by atoms with E-state index in [1.807, 2.05) is 37.3 Å². The summed E-state index contributed by atoms with van der Waals surface area (Å²) in [5, 5.41) is 10.2. The summed E-state index contributed by atoms with van der Waals surface area (Å²) in [6.45, 7) is 6.91. The van der Waals surface area contributed by atoms with Crippen molar-refractivity contribution in [2.75, 3.05) is 6.54 Å². The fourth-order valence-corrected chi connectivity index (χ4v) is 6.14. The highest BCUT2D eigenvalue weighted by Crippen LogP contribution is 2.52. The zero-order valence-electron chi connectivity index (χ0n) is 21.4. The van der Waals surface area contributed by atoms with Crippen LogP contribution in [0, 0.1) is 5.41 Å². The monoisotopic (exact) mass is 568 g/mol. The van der Waals surface area contributed by atoms with Gasteiger partial charge in [-0.15, -0.1) is 0 Å². The zero-order valence-corrected chi connectivity index (χ0v) is 23.8. The van der Waals surface area contributed by atoms with Gasteiger partial charge in [0.25, 0.3) is 0 Å². The van der Waals surface area contributed by atoms with Crippen molar-refractivity contribution in [3.63, 3.8) is 0 Å². The third kappa shape index (κ3) is 6.85. The molecule has 2 N–H and O–H groups in total. The average molecular weight is 570 g/mol. The maximum atomic E-state index is 14.1. The van der Waals surface area contributed by atoms with Gasteiger partial charge in [0.1, 0.15) is 0 Å². The molecule has 0 radical (unpaired) electrons. The highest BCUT2D eigenvalue weighted by atomic mass is 35.5. The average Bonchev–Trinajstić information content (AvgIpc) is 2.80. The summed E-state index contributed by atoms with van der Waals surface area (Å²) in [5.74, 6) is -1.58. The van der Waals surface area contributed by atoms with Crippen molar-refractivity contribution in [1.29, 1.82) is 0 Å². The number of hydrogen-bond acceptors (Lipinski definition) is 4. The number of carbonyl (C=O) groups excluding carboxylic acids is 1. The molecule has 10 heteroatoms. The summed E-state index contributed by atoms with van der Waals surface area (Å²) < 4.78 is 27.2. The van der Waals surface area contributed by atoms with Gasteiger partial charge in [-0.1, -0.05) is 54.4 Å². The van der Waals surface area contributed by atoms with Gasteiger partial charge < -0.3 is 10.0 Å². The standard InChI is InChI=1S/C27H34Cl2N2O5S/c1-17(2)37(35,36)30-13-12-18(3)31-25(19-8-10-21(28)11-9-19)23(20-6-5-7-22(29)14-20)15-27(4,26(31)34)16-24(32)33/h5-11,14,17-18,23,25,30H,12-13,15-16H2,1-4H3,(H,32,33)/t18-,23+,25+,27+/m0/s1. The number of nitrogens with one attached hydrogen (secondary N) is 1. The molecular formula is C27H34Cl2N2O5S. The molecule has 0 saturated carbocycles. The van der Waals surface area contributed by atoms with Gasteiger partial charge in [0, 0.05) is 28.5 Å². The van der Waals surface area contributed by atoms with Gasteiger partial charge in [-0.2, -0.15) is 0 Å². The Morgan fingerprint density at radius 3 is 2.32 bits per heavy atom. The smallest absolute Gasteiger partial charge is 0.304 e. The fraction of sp³-hybridized carbons (Fsp3) is 0.481. The van der Waals surface area contributed by atoms with Gasteiger partial charge in [0.15, 0.2) is 0 Å². The van der Waals surface area contributed by atoms with Gasteiger partial charge >= 0.3 is 5.97 Å². The highest BCUT2D eigenvalue weighted by Gasteiger charge is 2.51. The predicted octanol–water partition coefficient (Wildman–Crippen LogP) is 5.64. The van der Waals surface area contributed by atoms with Crippen molar-refractivity contribution < 1.29 is 23.1 Å². The molecule has 1 aliphatic heterocycles. The topological polar surface area (TPSA) is 104 Å². The number of benzene rings is 2. The van der Waals surface area contributed by atoms with E-state index >= 15 is 0 Å². The Labute approximate surface area is 229 Å². The number of aliphatic carboxylic acids is 1. The van der Waals surface area contributed by atoms with E-state index in [0.29, 0.717) is 22.9 Å². The second-order valence-electron chi connectivity index (χ2n) is 10.3. The Hall–Kier alpha value is -2.13. The minimum atomic E-state index is -3.47. The van der Waals surface area contributed by atoms with Gasteiger partial charge in [-0.05, 0) is 69.0 Å². The molecule has 37 heavy (non-hydrogen) atoms. The number of carbonyl (C=O) groups is 2. The molecule has 2 aromatic carbocycles. The molecule has 1 amide bonds. The number of sulfonamides is 1. The van der Waals surface area contributed by atoms with Crippen LogP contribution in [0.2, 0.25) is 10.0 Å². The van der Waals surface area contributed by atoms with E-state index in [1.165, 1.54) is 0 Å². The summed E-state index contributed by atoms with van der Waals surface area (Å²) in [5.41, 5.74) is 0.594. The molecule has 7 nitrogen and oxygen atoms in total. The molecule has 1 fully saturated rings. The first kappa shape index (κ1) is 29.4. The van der Waals surface area contributed by atoms with Crippen molar-refractivity contribution in [2.45, 2.75) is 70.2 Å². The largest absolute Gasteiger partial charge is 0.481 e. The predicted molar refractivity (Wildman–Crippen MR) is 146 cm³/mol. The van der Waals surface area contributed by atoms with Crippen LogP contribution >= 0.6 is 23.2 Å². The second kappa shape index (κ2) is 11.7. The Balaban J connectivity index is 2.09. The van der Waals surface area contributed by atoms with Crippen LogP contribution in [-0.4, -0.2) is 48.1 Å². The minimum Gasteiger partial charge on any atom is -0.481 e.